The molecule has 80 valence electrons. The second-order valence-electron chi connectivity index (χ2n) is 4.03. The van der Waals surface area contributed by atoms with Gasteiger partial charge in [0.25, 0.3) is 5.91 Å². The normalized spacial score (nSPS) is 21.2. The van der Waals surface area contributed by atoms with Crippen molar-refractivity contribution in [2.24, 2.45) is 5.92 Å². The van der Waals surface area contributed by atoms with Gasteiger partial charge in [0.1, 0.15) is 6.17 Å². The predicted octanol–water partition coefficient (Wildman–Crippen LogP) is 2.21. The van der Waals surface area contributed by atoms with E-state index in [2.05, 4.69) is 24.5 Å². The number of rotatable bonds is 2. The van der Waals surface area contributed by atoms with Crippen LogP contribution < -0.4 is 10.6 Å². The first-order chi connectivity index (χ1) is 7.22. The van der Waals surface area contributed by atoms with Gasteiger partial charge in [-0.3, -0.25) is 4.79 Å². The molecule has 1 aliphatic rings. The first kappa shape index (κ1) is 10.0. The minimum absolute atomic E-state index is 0.0228. The summed E-state index contributed by atoms with van der Waals surface area (Å²) in [6.07, 6.45) is 1.09. The lowest BCUT2D eigenvalue weighted by Gasteiger charge is -2.31. The van der Waals surface area contributed by atoms with Crippen LogP contribution in [0.15, 0.2) is 24.3 Å². The Kier molecular flexibility index (Phi) is 2.62. The summed E-state index contributed by atoms with van der Waals surface area (Å²) in [6.45, 7) is 4.25. The summed E-state index contributed by atoms with van der Waals surface area (Å²) in [6, 6.07) is 7.61. The molecular weight excluding hydrogens is 188 g/mol. The number of anilines is 1. The predicted molar refractivity (Wildman–Crippen MR) is 60.8 cm³/mol. The van der Waals surface area contributed by atoms with Gasteiger partial charge in [-0.2, -0.15) is 0 Å². The van der Waals surface area contributed by atoms with E-state index in [0.29, 0.717) is 5.92 Å². The highest BCUT2D eigenvalue weighted by Gasteiger charge is 2.25. The molecule has 2 rings (SSSR count). The SMILES string of the molecule is CCC(C)C1NC(=O)c2ccccc2N1. The molecule has 3 heteroatoms. The van der Waals surface area contributed by atoms with Gasteiger partial charge in [0, 0.05) is 5.69 Å². The number of hydrogen-bond donors (Lipinski definition) is 2. The maximum absolute atomic E-state index is 11.8. The van der Waals surface area contributed by atoms with E-state index in [1.54, 1.807) is 0 Å². The third-order valence-corrected chi connectivity index (χ3v) is 2.98. The highest BCUT2D eigenvalue weighted by Crippen LogP contribution is 2.22. The monoisotopic (exact) mass is 204 g/mol. The second-order valence-corrected chi connectivity index (χ2v) is 4.03. The highest BCUT2D eigenvalue weighted by molar-refractivity contribution is 6.01. The second kappa shape index (κ2) is 3.93. The fourth-order valence-electron chi connectivity index (χ4n) is 1.75. The molecule has 2 atom stereocenters. The Balaban J connectivity index is 2.26. The number of amides is 1. The van der Waals surface area contributed by atoms with E-state index in [1.807, 2.05) is 24.3 Å². The van der Waals surface area contributed by atoms with Gasteiger partial charge in [0.05, 0.1) is 5.56 Å². The molecule has 0 radical (unpaired) electrons. The summed E-state index contributed by atoms with van der Waals surface area (Å²) in [4.78, 5) is 11.8. The lowest BCUT2D eigenvalue weighted by Crippen LogP contribution is -2.48. The van der Waals surface area contributed by atoms with Crippen molar-refractivity contribution in [1.29, 1.82) is 0 Å². The Bertz CT molecular complexity index is 376. The molecule has 1 amide bonds. The summed E-state index contributed by atoms with van der Waals surface area (Å²) >= 11 is 0. The molecular formula is C12H16N2O. The van der Waals surface area contributed by atoms with Gasteiger partial charge in [0.2, 0.25) is 0 Å². The minimum atomic E-state index is 0.0228. The fourth-order valence-corrected chi connectivity index (χ4v) is 1.75. The highest BCUT2D eigenvalue weighted by atomic mass is 16.2. The largest absolute Gasteiger partial charge is 0.364 e. The Labute approximate surface area is 89.9 Å². The van der Waals surface area contributed by atoms with Crippen molar-refractivity contribution in [2.75, 3.05) is 5.32 Å². The van der Waals surface area contributed by atoms with Gasteiger partial charge < -0.3 is 10.6 Å². The number of fused-ring (bicyclic) bond motifs is 1. The van der Waals surface area contributed by atoms with Crippen LogP contribution in [0.5, 0.6) is 0 Å². The lowest BCUT2D eigenvalue weighted by atomic mass is 10.0. The molecule has 2 unspecified atom stereocenters. The van der Waals surface area contributed by atoms with Crippen LogP contribution in [0, 0.1) is 5.92 Å². The molecule has 1 heterocycles. The van der Waals surface area contributed by atoms with E-state index >= 15 is 0 Å². The zero-order valence-corrected chi connectivity index (χ0v) is 9.08. The minimum Gasteiger partial charge on any atom is -0.364 e. The van der Waals surface area contributed by atoms with E-state index in [4.69, 9.17) is 0 Å². The zero-order chi connectivity index (χ0) is 10.8. The lowest BCUT2D eigenvalue weighted by molar-refractivity contribution is 0.0923. The number of para-hydroxylation sites is 1. The molecule has 0 spiro atoms. The quantitative estimate of drug-likeness (QED) is 0.775. The van der Waals surface area contributed by atoms with E-state index < -0.39 is 0 Å². The average Bonchev–Trinajstić information content (AvgIpc) is 2.28. The van der Waals surface area contributed by atoms with Gasteiger partial charge in [-0.05, 0) is 24.5 Å². The van der Waals surface area contributed by atoms with E-state index in [-0.39, 0.29) is 12.1 Å². The van der Waals surface area contributed by atoms with Gasteiger partial charge >= 0.3 is 0 Å². The van der Waals surface area contributed by atoms with Crippen molar-refractivity contribution in [3.05, 3.63) is 29.8 Å². The Morgan fingerprint density at radius 1 is 1.33 bits per heavy atom. The molecule has 0 aromatic heterocycles. The summed E-state index contributed by atoms with van der Waals surface area (Å²) in [7, 11) is 0. The molecule has 15 heavy (non-hydrogen) atoms. The van der Waals surface area contributed by atoms with Gasteiger partial charge in [-0.25, -0.2) is 0 Å². The average molecular weight is 204 g/mol. The van der Waals surface area contributed by atoms with Crippen LogP contribution in [-0.4, -0.2) is 12.1 Å². The molecule has 2 N–H and O–H groups in total. The molecule has 0 fully saturated rings. The van der Waals surface area contributed by atoms with Crippen molar-refractivity contribution in [3.63, 3.8) is 0 Å². The maximum Gasteiger partial charge on any atom is 0.254 e. The number of carbonyl (C=O) groups is 1. The Morgan fingerprint density at radius 2 is 2.07 bits per heavy atom. The standard InChI is InChI=1S/C12H16N2O/c1-3-8(2)11-13-10-7-5-4-6-9(10)12(15)14-11/h4-8,11,13H,3H2,1-2H3,(H,14,15). The fraction of sp³-hybridized carbons (Fsp3) is 0.417. The smallest absolute Gasteiger partial charge is 0.254 e. The third-order valence-electron chi connectivity index (χ3n) is 2.98. The van der Waals surface area contributed by atoms with Crippen LogP contribution in [0.3, 0.4) is 0 Å². The molecule has 0 aliphatic carbocycles. The molecule has 0 saturated carbocycles. The van der Waals surface area contributed by atoms with Crippen LogP contribution in [0.4, 0.5) is 5.69 Å². The first-order valence-corrected chi connectivity index (χ1v) is 5.38. The molecule has 3 nitrogen and oxygen atoms in total. The van der Waals surface area contributed by atoms with Gasteiger partial charge in [0.15, 0.2) is 0 Å². The van der Waals surface area contributed by atoms with E-state index in [9.17, 15) is 4.79 Å². The number of hydrogen-bond acceptors (Lipinski definition) is 2. The molecule has 1 aromatic carbocycles. The molecule has 0 saturated heterocycles. The topological polar surface area (TPSA) is 41.1 Å². The Morgan fingerprint density at radius 3 is 2.80 bits per heavy atom. The van der Waals surface area contributed by atoms with E-state index in [1.165, 1.54) is 0 Å². The zero-order valence-electron chi connectivity index (χ0n) is 9.08. The van der Waals surface area contributed by atoms with Crippen LogP contribution in [0.2, 0.25) is 0 Å². The number of benzene rings is 1. The Hall–Kier alpha value is -1.51. The van der Waals surface area contributed by atoms with Gasteiger partial charge in [-0.15, -0.1) is 0 Å². The van der Waals surface area contributed by atoms with Crippen molar-refractivity contribution >= 4 is 11.6 Å². The molecule has 0 bridgehead atoms. The summed E-state index contributed by atoms with van der Waals surface area (Å²) in [5.74, 6) is 0.456. The van der Waals surface area contributed by atoms with Crippen molar-refractivity contribution in [3.8, 4) is 0 Å². The van der Waals surface area contributed by atoms with Crippen molar-refractivity contribution in [1.82, 2.24) is 5.32 Å². The first-order valence-electron chi connectivity index (χ1n) is 5.38. The van der Waals surface area contributed by atoms with Crippen molar-refractivity contribution < 1.29 is 4.79 Å². The summed E-state index contributed by atoms with van der Waals surface area (Å²) in [5, 5.41) is 6.32. The third kappa shape index (κ3) is 1.82. The van der Waals surface area contributed by atoms with Crippen LogP contribution in [0.25, 0.3) is 0 Å². The summed E-state index contributed by atoms with van der Waals surface area (Å²) < 4.78 is 0. The van der Waals surface area contributed by atoms with Crippen LogP contribution >= 0.6 is 0 Å². The van der Waals surface area contributed by atoms with Crippen LogP contribution in [0.1, 0.15) is 30.6 Å². The number of carbonyl (C=O) groups excluding carboxylic acids is 1. The van der Waals surface area contributed by atoms with Crippen LogP contribution in [-0.2, 0) is 0 Å². The molecule has 1 aliphatic heterocycles. The van der Waals surface area contributed by atoms with Crippen molar-refractivity contribution in [2.45, 2.75) is 26.4 Å². The van der Waals surface area contributed by atoms with E-state index in [0.717, 1.165) is 17.7 Å². The summed E-state index contributed by atoms with van der Waals surface area (Å²) in [5.41, 5.74) is 1.67. The number of nitrogens with one attached hydrogen (secondary N) is 2. The van der Waals surface area contributed by atoms with Gasteiger partial charge in [-0.1, -0.05) is 26.0 Å². The molecule has 1 aromatic rings. The maximum atomic E-state index is 11.8.